The molecule has 3 nitrogen and oxygen atoms in total. The number of rotatable bonds is 6. The minimum atomic E-state index is -0.397. The second kappa shape index (κ2) is 7.68. The third-order valence-electron chi connectivity index (χ3n) is 2.90. The van der Waals surface area contributed by atoms with Gasteiger partial charge in [-0.1, -0.05) is 41.9 Å². The summed E-state index contributed by atoms with van der Waals surface area (Å²) in [6, 6.07) is 12.5. The highest BCUT2D eigenvalue weighted by Crippen LogP contribution is 2.33. The summed E-state index contributed by atoms with van der Waals surface area (Å²) in [5.74, 6) is -0.0712. The summed E-state index contributed by atoms with van der Waals surface area (Å²) in [5, 5.41) is 2.91. The van der Waals surface area contributed by atoms with Gasteiger partial charge in [0.2, 0.25) is 0 Å². The van der Waals surface area contributed by atoms with Crippen molar-refractivity contribution in [1.82, 2.24) is 4.98 Å². The van der Waals surface area contributed by atoms with E-state index >= 15 is 0 Å². The van der Waals surface area contributed by atoms with Crippen LogP contribution in [0, 0.1) is 5.82 Å². The number of aromatic nitrogens is 1. The molecule has 0 radical (unpaired) electrons. The molecule has 0 aliphatic carbocycles. The molecule has 118 valence electrons. The van der Waals surface area contributed by atoms with Crippen molar-refractivity contribution in [1.29, 1.82) is 0 Å². The number of ether oxygens (including phenoxy) is 1. The highest BCUT2D eigenvalue weighted by atomic mass is 35.5. The molecular formula is C16H12ClFN2OS2. The molecule has 0 spiro atoms. The predicted molar refractivity (Wildman–Crippen MR) is 93.8 cm³/mol. The lowest BCUT2D eigenvalue weighted by molar-refractivity contribution is 0.304. The fourth-order valence-corrected chi connectivity index (χ4v) is 3.36. The van der Waals surface area contributed by atoms with Gasteiger partial charge in [-0.15, -0.1) is 11.3 Å². The van der Waals surface area contributed by atoms with Gasteiger partial charge in [0.05, 0.1) is 9.92 Å². The Morgan fingerprint density at radius 1 is 1.26 bits per heavy atom. The first-order chi connectivity index (χ1) is 11.2. The number of nitrogens with one attached hydrogen (secondary N) is 1. The van der Waals surface area contributed by atoms with Gasteiger partial charge < -0.3 is 9.46 Å². The molecule has 1 heterocycles. The van der Waals surface area contributed by atoms with Crippen LogP contribution < -0.4 is 9.46 Å². The lowest BCUT2D eigenvalue weighted by Gasteiger charge is -2.10. The fraction of sp³-hybridized carbons (Fsp3) is 0.0625. The molecule has 3 rings (SSSR count). The number of hydrogen-bond acceptors (Lipinski definition) is 5. The largest absolute Gasteiger partial charge is 0.487 e. The van der Waals surface area contributed by atoms with E-state index in [4.69, 9.17) is 16.3 Å². The second-order valence-corrected chi connectivity index (χ2v) is 6.68. The van der Waals surface area contributed by atoms with Crippen molar-refractivity contribution in [3.05, 3.63) is 70.4 Å². The highest BCUT2D eigenvalue weighted by Gasteiger charge is 2.11. The average Bonchev–Trinajstić information content (AvgIpc) is 3.08. The molecule has 0 atom stereocenters. The number of benzene rings is 2. The van der Waals surface area contributed by atoms with Gasteiger partial charge in [0.25, 0.3) is 0 Å². The van der Waals surface area contributed by atoms with E-state index in [2.05, 4.69) is 9.71 Å². The Morgan fingerprint density at radius 2 is 2.09 bits per heavy atom. The summed E-state index contributed by atoms with van der Waals surface area (Å²) in [6.45, 7) is 0.337. The molecule has 3 aromatic rings. The standard InChI is InChI=1S/C16H12ClFN2OS2/c17-12-8-15(23-20-16-19-6-7-22-16)13(18)9-14(12)21-10-11-4-2-1-3-5-11/h1-9H,10H2,(H,19,20). The van der Waals surface area contributed by atoms with Crippen molar-refractivity contribution in [3.63, 3.8) is 0 Å². The zero-order valence-corrected chi connectivity index (χ0v) is 14.2. The molecule has 2 aromatic carbocycles. The van der Waals surface area contributed by atoms with Crippen molar-refractivity contribution >= 4 is 40.0 Å². The van der Waals surface area contributed by atoms with Crippen LogP contribution in [0.5, 0.6) is 5.75 Å². The van der Waals surface area contributed by atoms with Crippen LogP contribution in [-0.4, -0.2) is 4.98 Å². The first-order valence-electron chi connectivity index (χ1n) is 6.70. The van der Waals surface area contributed by atoms with Gasteiger partial charge in [0.1, 0.15) is 18.2 Å². The Kier molecular flexibility index (Phi) is 5.38. The molecule has 0 fully saturated rings. The van der Waals surface area contributed by atoms with Crippen molar-refractivity contribution in [2.45, 2.75) is 11.5 Å². The van der Waals surface area contributed by atoms with Crippen molar-refractivity contribution in [2.24, 2.45) is 0 Å². The van der Waals surface area contributed by atoms with E-state index in [9.17, 15) is 4.39 Å². The summed E-state index contributed by atoms with van der Waals surface area (Å²) in [5.41, 5.74) is 0.993. The van der Waals surface area contributed by atoms with E-state index in [1.807, 2.05) is 35.7 Å². The number of halogens is 2. The molecule has 1 N–H and O–H groups in total. The van der Waals surface area contributed by atoms with Crippen LogP contribution in [0.2, 0.25) is 5.02 Å². The highest BCUT2D eigenvalue weighted by molar-refractivity contribution is 8.00. The minimum Gasteiger partial charge on any atom is -0.487 e. The Labute approximate surface area is 146 Å². The number of anilines is 1. The van der Waals surface area contributed by atoms with E-state index < -0.39 is 5.82 Å². The molecule has 7 heteroatoms. The summed E-state index contributed by atoms with van der Waals surface area (Å²) in [7, 11) is 0. The number of hydrogen-bond donors (Lipinski definition) is 1. The van der Waals surface area contributed by atoms with Gasteiger partial charge in [-0.25, -0.2) is 9.37 Å². The Bertz CT molecular complexity index is 769. The molecule has 0 aliphatic heterocycles. The van der Waals surface area contributed by atoms with Gasteiger partial charge in [0.15, 0.2) is 5.13 Å². The molecule has 1 aromatic heterocycles. The van der Waals surface area contributed by atoms with Crippen LogP contribution in [0.25, 0.3) is 0 Å². The second-order valence-electron chi connectivity index (χ2n) is 4.53. The van der Waals surface area contributed by atoms with Gasteiger partial charge in [-0.2, -0.15) is 0 Å². The lowest BCUT2D eigenvalue weighted by Crippen LogP contribution is -1.97. The van der Waals surface area contributed by atoms with E-state index in [1.54, 1.807) is 12.3 Å². The number of nitrogens with zero attached hydrogens (tertiary/aromatic N) is 1. The predicted octanol–water partition coefficient (Wildman–Crippen LogP) is 5.63. The van der Waals surface area contributed by atoms with Crippen molar-refractivity contribution in [2.75, 3.05) is 4.72 Å². The Hall–Kier alpha value is -1.76. The maximum absolute atomic E-state index is 14.2. The zero-order chi connectivity index (χ0) is 16.1. The Balaban J connectivity index is 1.67. The lowest BCUT2D eigenvalue weighted by atomic mass is 10.2. The average molecular weight is 367 g/mol. The van der Waals surface area contributed by atoms with Gasteiger partial charge in [-0.05, 0) is 23.6 Å². The van der Waals surface area contributed by atoms with Gasteiger partial charge in [0, 0.05) is 17.6 Å². The molecule has 0 aliphatic rings. The van der Waals surface area contributed by atoms with Gasteiger partial charge in [-0.3, -0.25) is 0 Å². The van der Waals surface area contributed by atoms with Crippen molar-refractivity contribution in [3.8, 4) is 5.75 Å². The Morgan fingerprint density at radius 3 is 2.83 bits per heavy atom. The molecular weight excluding hydrogens is 355 g/mol. The zero-order valence-electron chi connectivity index (χ0n) is 11.8. The summed E-state index contributed by atoms with van der Waals surface area (Å²) < 4.78 is 22.7. The molecule has 0 unspecified atom stereocenters. The van der Waals surface area contributed by atoms with Gasteiger partial charge >= 0.3 is 0 Å². The number of thiazole rings is 1. The van der Waals surface area contributed by atoms with E-state index in [-0.39, 0.29) is 0 Å². The monoisotopic (exact) mass is 366 g/mol. The van der Waals surface area contributed by atoms with Crippen LogP contribution >= 0.6 is 34.9 Å². The molecule has 0 bridgehead atoms. The minimum absolute atomic E-state index is 0.326. The van der Waals surface area contributed by atoms with Crippen LogP contribution in [0.4, 0.5) is 9.52 Å². The molecule has 23 heavy (non-hydrogen) atoms. The smallest absolute Gasteiger partial charge is 0.192 e. The third kappa shape index (κ3) is 4.37. The molecule has 0 saturated heterocycles. The normalized spacial score (nSPS) is 10.5. The molecule has 0 amide bonds. The topological polar surface area (TPSA) is 34.1 Å². The van der Waals surface area contributed by atoms with E-state index in [0.717, 1.165) is 17.5 Å². The first kappa shape index (κ1) is 16.1. The third-order valence-corrected chi connectivity index (χ3v) is 4.85. The summed E-state index contributed by atoms with van der Waals surface area (Å²) in [4.78, 5) is 4.46. The van der Waals surface area contributed by atoms with Crippen molar-refractivity contribution < 1.29 is 9.13 Å². The summed E-state index contributed by atoms with van der Waals surface area (Å²) >= 11 is 8.75. The van der Waals surface area contributed by atoms with Crippen LogP contribution in [0.3, 0.4) is 0 Å². The SMILES string of the molecule is Fc1cc(OCc2ccccc2)c(Cl)cc1SNc1nccs1. The van der Waals surface area contributed by atoms with Crippen LogP contribution in [-0.2, 0) is 6.61 Å². The van der Waals surface area contributed by atoms with E-state index in [0.29, 0.717) is 27.4 Å². The van der Waals surface area contributed by atoms with Crippen LogP contribution in [0.1, 0.15) is 5.56 Å². The summed E-state index contributed by atoms with van der Waals surface area (Å²) in [6.07, 6.45) is 1.68. The first-order valence-corrected chi connectivity index (χ1v) is 8.78. The maximum atomic E-state index is 14.2. The fourth-order valence-electron chi connectivity index (χ4n) is 1.81. The quantitative estimate of drug-likeness (QED) is 0.573. The van der Waals surface area contributed by atoms with E-state index in [1.165, 1.54) is 17.4 Å². The maximum Gasteiger partial charge on any atom is 0.192 e. The molecule has 0 saturated carbocycles. The van der Waals surface area contributed by atoms with Crippen LogP contribution in [0.15, 0.2) is 58.9 Å².